The second-order valence-corrected chi connectivity index (χ2v) is 7.50. The summed E-state index contributed by atoms with van der Waals surface area (Å²) < 4.78 is 0. The molecule has 0 radical (unpaired) electrons. The Bertz CT molecular complexity index is 980. The summed E-state index contributed by atoms with van der Waals surface area (Å²) in [5.41, 5.74) is 4.05. The van der Waals surface area contributed by atoms with Crippen molar-refractivity contribution in [2.45, 2.75) is 32.2 Å². The molecule has 0 fully saturated rings. The molecule has 0 spiro atoms. The van der Waals surface area contributed by atoms with Crippen LogP contribution in [0.3, 0.4) is 0 Å². The van der Waals surface area contributed by atoms with Crippen LogP contribution in [0.4, 0.5) is 0 Å². The quantitative estimate of drug-likeness (QED) is 0.565. The molecule has 2 heterocycles. The highest BCUT2D eigenvalue weighted by Gasteiger charge is 2.41. The van der Waals surface area contributed by atoms with E-state index in [0.717, 1.165) is 41.6 Å². The zero-order valence-corrected chi connectivity index (χ0v) is 16.4. The van der Waals surface area contributed by atoms with Crippen molar-refractivity contribution in [3.8, 4) is 17.0 Å². The van der Waals surface area contributed by atoms with Gasteiger partial charge < -0.3 is 10.0 Å². The van der Waals surface area contributed by atoms with Crippen LogP contribution in [0.2, 0.25) is 5.02 Å². The number of hydrogen-bond acceptors (Lipinski definition) is 3. The smallest absolute Gasteiger partial charge is 0.273 e. The van der Waals surface area contributed by atoms with Crippen LogP contribution in [0, 0.1) is 0 Å². The molecular formula is C22H22ClN3O2. The van der Waals surface area contributed by atoms with Crippen molar-refractivity contribution in [1.82, 2.24) is 15.1 Å². The largest absolute Gasteiger partial charge is 0.508 e. The lowest BCUT2D eigenvalue weighted by molar-refractivity contribution is 0.0740. The molecule has 1 aliphatic rings. The maximum atomic E-state index is 13.1. The highest BCUT2D eigenvalue weighted by atomic mass is 35.5. The first-order valence-electron chi connectivity index (χ1n) is 9.54. The van der Waals surface area contributed by atoms with Gasteiger partial charge in [-0.25, -0.2) is 0 Å². The van der Waals surface area contributed by atoms with E-state index in [4.69, 9.17) is 11.6 Å². The fraction of sp³-hybridized carbons (Fsp3) is 0.273. The molecule has 5 nitrogen and oxygen atoms in total. The van der Waals surface area contributed by atoms with Gasteiger partial charge in [0.1, 0.15) is 11.4 Å². The van der Waals surface area contributed by atoms with Gasteiger partial charge in [0, 0.05) is 22.7 Å². The number of phenolic OH excluding ortho intramolecular Hbond substituents is 1. The van der Waals surface area contributed by atoms with Gasteiger partial charge in [0.2, 0.25) is 0 Å². The van der Waals surface area contributed by atoms with E-state index < -0.39 is 0 Å². The zero-order valence-electron chi connectivity index (χ0n) is 15.7. The van der Waals surface area contributed by atoms with Gasteiger partial charge >= 0.3 is 0 Å². The molecular weight excluding hydrogens is 374 g/mol. The molecule has 1 aliphatic heterocycles. The van der Waals surface area contributed by atoms with Crippen LogP contribution in [0.5, 0.6) is 5.75 Å². The number of fused-ring (bicyclic) bond motifs is 1. The fourth-order valence-corrected chi connectivity index (χ4v) is 3.92. The van der Waals surface area contributed by atoms with Gasteiger partial charge in [-0.3, -0.25) is 9.89 Å². The molecule has 2 N–H and O–H groups in total. The third-order valence-corrected chi connectivity index (χ3v) is 5.44. The highest BCUT2D eigenvalue weighted by Crippen LogP contribution is 2.43. The minimum absolute atomic E-state index is 0.0307. The predicted molar refractivity (Wildman–Crippen MR) is 110 cm³/mol. The average molecular weight is 396 g/mol. The van der Waals surface area contributed by atoms with Crippen molar-refractivity contribution in [3.05, 3.63) is 70.4 Å². The summed E-state index contributed by atoms with van der Waals surface area (Å²) in [6, 6.07) is 14.3. The van der Waals surface area contributed by atoms with Gasteiger partial charge in [-0.1, -0.05) is 55.6 Å². The van der Waals surface area contributed by atoms with E-state index in [9.17, 15) is 9.90 Å². The van der Waals surface area contributed by atoms with Crippen LogP contribution in [0.1, 0.15) is 53.8 Å². The first-order chi connectivity index (χ1) is 13.6. The van der Waals surface area contributed by atoms with Gasteiger partial charge in [-0.15, -0.1) is 0 Å². The van der Waals surface area contributed by atoms with Crippen LogP contribution < -0.4 is 0 Å². The molecule has 1 aromatic heterocycles. The summed E-state index contributed by atoms with van der Waals surface area (Å²) in [7, 11) is 0. The topological polar surface area (TPSA) is 69.2 Å². The van der Waals surface area contributed by atoms with E-state index in [1.54, 1.807) is 12.1 Å². The second kappa shape index (κ2) is 7.68. The summed E-state index contributed by atoms with van der Waals surface area (Å²) in [5, 5.41) is 17.8. The number of H-pyrrole nitrogens is 1. The minimum atomic E-state index is -0.232. The molecule has 4 rings (SSSR count). The number of nitrogens with one attached hydrogen (secondary N) is 1. The number of rotatable bonds is 6. The molecule has 2 aromatic carbocycles. The van der Waals surface area contributed by atoms with Crippen LogP contribution >= 0.6 is 11.6 Å². The number of phenols is 1. The number of unbranched alkanes of at least 4 members (excludes halogenated alkanes) is 2. The van der Waals surface area contributed by atoms with E-state index in [2.05, 4.69) is 17.1 Å². The lowest BCUT2D eigenvalue weighted by Crippen LogP contribution is -2.30. The van der Waals surface area contributed by atoms with E-state index in [1.165, 1.54) is 0 Å². The van der Waals surface area contributed by atoms with Crippen LogP contribution in [0.25, 0.3) is 11.3 Å². The Morgan fingerprint density at radius 1 is 1.11 bits per heavy atom. The Morgan fingerprint density at radius 3 is 2.50 bits per heavy atom. The number of amides is 1. The molecule has 0 bridgehead atoms. The maximum Gasteiger partial charge on any atom is 0.273 e. The molecule has 0 saturated carbocycles. The van der Waals surface area contributed by atoms with E-state index in [1.807, 2.05) is 41.3 Å². The molecule has 0 saturated heterocycles. The summed E-state index contributed by atoms with van der Waals surface area (Å²) in [5.74, 6) is 0.174. The maximum absolute atomic E-state index is 13.1. The van der Waals surface area contributed by atoms with Crippen LogP contribution in [-0.4, -0.2) is 32.7 Å². The number of carbonyl (C=O) groups excluding carboxylic acids is 1. The number of halogens is 1. The second-order valence-electron chi connectivity index (χ2n) is 7.07. The van der Waals surface area contributed by atoms with Crippen LogP contribution in [0.15, 0.2) is 48.5 Å². The van der Waals surface area contributed by atoms with Gasteiger partial charge in [-0.05, 0) is 36.2 Å². The highest BCUT2D eigenvalue weighted by molar-refractivity contribution is 6.30. The predicted octanol–water partition coefficient (Wildman–Crippen LogP) is 5.17. The summed E-state index contributed by atoms with van der Waals surface area (Å²) in [4.78, 5) is 15.0. The molecule has 144 valence electrons. The number of nitrogens with zero attached hydrogens (tertiary/aromatic N) is 2. The first-order valence-corrected chi connectivity index (χ1v) is 9.92. The zero-order chi connectivity index (χ0) is 19.7. The third kappa shape index (κ3) is 3.27. The molecule has 6 heteroatoms. The lowest BCUT2D eigenvalue weighted by Gasteiger charge is -2.26. The molecule has 28 heavy (non-hydrogen) atoms. The third-order valence-electron chi connectivity index (χ3n) is 5.19. The standard InChI is InChI=1S/C22H22ClN3O2/c1-2-3-4-13-26-21(15-7-11-17(27)12-8-15)18-19(24-25-20(18)22(26)28)14-5-9-16(23)10-6-14/h5-12,21,27H,2-4,13H2,1H3,(H,24,25). The molecule has 1 amide bonds. The van der Waals surface area contributed by atoms with E-state index in [0.29, 0.717) is 17.3 Å². The lowest BCUT2D eigenvalue weighted by atomic mass is 9.96. The Morgan fingerprint density at radius 2 is 1.82 bits per heavy atom. The first kappa shape index (κ1) is 18.6. The Balaban J connectivity index is 1.80. The summed E-state index contributed by atoms with van der Waals surface area (Å²) in [6.45, 7) is 2.83. The number of aromatic hydroxyl groups is 1. The summed E-state index contributed by atoms with van der Waals surface area (Å²) >= 11 is 6.03. The Hall–Kier alpha value is -2.79. The van der Waals surface area contributed by atoms with Gasteiger partial charge in [-0.2, -0.15) is 5.10 Å². The molecule has 3 aromatic rings. The molecule has 1 unspecified atom stereocenters. The van der Waals surface area contributed by atoms with Crippen molar-refractivity contribution in [3.63, 3.8) is 0 Å². The molecule has 0 aliphatic carbocycles. The van der Waals surface area contributed by atoms with Gasteiger partial charge in [0.15, 0.2) is 0 Å². The Labute approximate surface area is 169 Å². The van der Waals surface area contributed by atoms with Crippen molar-refractivity contribution < 1.29 is 9.90 Å². The van der Waals surface area contributed by atoms with Crippen molar-refractivity contribution >= 4 is 17.5 Å². The normalized spacial score (nSPS) is 15.9. The van der Waals surface area contributed by atoms with Gasteiger partial charge in [0.05, 0.1) is 11.7 Å². The number of benzene rings is 2. The number of hydrogen-bond donors (Lipinski definition) is 2. The molecule has 1 atom stereocenters. The van der Waals surface area contributed by atoms with E-state index >= 15 is 0 Å². The Kier molecular flexibility index (Phi) is 5.09. The van der Waals surface area contributed by atoms with Gasteiger partial charge in [0.25, 0.3) is 5.91 Å². The van der Waals surface area contributed by atoms with Crippen molar-refractivity contribution in [1.29, 1.82) is 0 Å². The van der Waals surface area contributed by atoms with E-state index in [-0.39, 0.29) is 17.7 Å². The SMILES string of the molecule is CCCCCN1C(=O)c2[nH]nc(-c3ccc(Cl)cc3)c2C1c1ccc(O)cc1. The minimum Gasteiger partial charge on any atom is -0.508 e. The van der Waals surface area contributed by atoms with Crippen molar-refractivity contribution in [2.24, 2.45) is 0 Å². The summed E-state index contributed by atoms with van der Waals surface area (Å²) in [6.07, 6.45) is 3.11. The fourth-order valence-electron chi connectivity index (χ4n) is 3.79. The average Bonchev–Trinajstić information content (AvgIpc) is 3.23. The number of aromatic nitrogens is 2. The monoisotopic (exact) mass is 395 g/mol. The van der Waals surface area contributed by atoms with Crippen LogP contribution in [-0.2, 0) is 0 Å². The number of aromatic amines is 1. The van der Waals surface area contributed by atoms with Crippen molar-refractivity contribution in [2.75, 3.05) is 6.54 Å². The number of carbonyl (C=O) groups is 1.